The van der Waals surface area contributed by atoms with E-state index in [-0.39, 0.29) is 51.0 Å². The predicted molar refractivity (Wildman–Crippen MR) is 76.1 cm³/mol. The largest absolute Gasteiger partial charge is 2.00 e. The molecule has 94 valence electrons. The molecule has 0 saturated carbocycles. The first-order valence-electron chi connectivity index (χ1n) is 5.39. The van der Waals surface area contributed by atoms with Gasteiger partial charge in [-0.3, -0.25) is 12.2 Å². The number of halogens is 2. The molecule has 2 rings (SSSR count). The quantitative estimate of drug-likeness (QED) is 0.614. The van der Waals surface area contributed by atoms with Crippen LogP contribution in [-0.2, 0) is 26.2 Å². The van der Waals surface area contributed by atoms with E-state index in [0.29, 0.717) is 0 Å². The summed E-state index contributed by atoms with van der Waals surface area (Å²) in [6, 6.07) is 0. The number of hydrogen-bond donors (Lipinski definition) is 0. The van der Waals surface area contributed by atoms with Crippen LogP contribution in [0.5, 0.6) is 0 Å². The second-order valence-electron chi connectivity index (χ2n) is 3.30. The Morgan fingerprint density at radius 2 is 1.82 bits per heavy atom. The van der Waals surface area contributed by atoms with Gasteiger partial charge in [0.05, 0.1) is 0 Å². The maximum Gasteiger partial charge on any atom is 2.00 e. The molecule has 0 aromatic heterocycles. The summed E-state index contributed by atoms with van der Waals surface area (Å²) in [6.45, 7) is 4.39. The molecule has 0 spiro atoms. The molecule has 2 aliphatic carbocycles. The first-order valence-corrected chi connectivity index (χ1v) is 5.39. The van der Waals surface area contributed by atoms with Gasteiger partial charge in [-0.2, -0.15) is 17.7 Å². The summed E-state index contributed by atoms with van der Waals surface area (Å²) < 4.78 is 0. The second-order valence-corrected chi connectivity index (χ2v) is 3.30. The molecule has 0 aliphatic heterocycles. The summed E-state index contributed by atoms with van der Waals surface area (Å²) in [5.41, 5.74) is 2.95. The van der Waals surface area contributed by atoms with Crippen LogP contribution in [0.3, 0.4) is 0 Å². The monoisotopic (exact) mass is 348 g/mol. The molecule has 0 bridgehead atoms. The summed E-state index contributed by atoms with van der Waals surface area (Å²) in [7, 11) is 0. The summed E-state index contributed by atoms with van der Waals surface area (Å²) in [5.74, 6) is 0. The molecule has 2 aliphatic rings. The molecular formula is C14H20Cl2Zr. The molecule has 0 radical (unpaired) electrons. The minimum Gasteiger partial charge on any atom is -0.273 e. The third-order valence-electron chi connectivity index (χ3n) is 2.37. The van der Waals surface area contributed by atoms with Crippen molar-refractivity contribution < 1.29 is 26.2 Å². The average molecular weight is 350 g/mol. The van der Waals surface area contributed by atoms with Crippen LogP contribution in [0.15, 0.2) is 35.5 Å². The van der Waals surface area contributed by atoms with E-state index in [9.17, 15) is 0 Å². The summed E-state index contributed by atoms with van der Waals surface area (Å²) >= 11 is 0. The molecule has 3 heteroatoms. The predicted octanol–water partition coefficient (Wildman–Crippen LogP) is 5.01. The first kappa shape index (κ1) is 22.6. The molecule has 0 heterocycles. The fourth-order valence-corrected chi connectivity index (χ4v) is 1.58. The van der Waals surface area contributed by atoms with E-state index in [2.05, 4.69) is 38.2 Å². The van der Waals surface area contributed by atoms with E-state index in [4.69, 9.17) is 0 Å². The van der Waals surface area contributed by atoms with E-state index in [1.54, 1.807) is 0 Å². The van der Waals surface area contributed by atoms with Crippen molar-refractivity contribution in [2.45, 2.75) is 39.5 Å². The van der Waals surface area contributed by atoms with E-state index in [0.717, 1.165) is 19.3 Å². The molecule has 0 nitrogen and oxygen atoms in total. The second kappa shape index (κ2) is 14.5. The molecule has 0 saturated heterocycles. The average Bonchev–Trinajstić information content (AvgIpc) is 2.91. The van der Waals surface area contributed by atoms with Gasteiger partial charge in [-0.1, -0.05) is 26.7 Å². The van der Waals surface area contributed by atoms with Crippen molar-refractivity contribution in [2.24, 2.45) is 0 Å². The number of rotatable bonds is 2. The van der Waals surface area contributed by atoms with Crippen LogP contribution in [0, 0.1) is 12.2 Å². The molecule has 0 atom stereocenters. The van der Waals surface area contributed by atoms with Crippen molar-refractivity contribution in [3.63, 3.8) is 0 Å². The van der Waals surface area contributed by atoms with Gasteiger partial charge in [0.2, 0.25) is 0 Å². The van der Waals surface area contributed by atoms with Gasteiger partial charge in [0.25, 0.3) is 0 Å². The maximum atomic E-state index is 3.33. The Bertz CT molecular complexity index is 261. The Kier molecular flexibility index (Phi) is 19.2. The number of allylic oxidation sites excluding steroid dienone is 8. The maximum absolute atomic E-state index is 3.33. The fourth-order valence-electron chi connectivity index (χ4n) is 1.58. The van der Waals surface area contributed by atoms with Crippen LogP contribution in [0.1, 0.15) is 39.5 Å². The van der Waals surface area contributed by atoms with Crippen LogP contribution in [0.4, 0.5) is 0 Å². The van der Waals surface area contributed by atoms with Gasteiger partial charge in [0, 0.05) is 0 Å². The Balaban J connectivity index is -0.000000216. The van der Waals surface area contributed by atoms with Gasteiger partial charge >= 0.3 is 26.2 Å². The molecule has 0 amide bonds. The van der Waals surface area contributed by atoms with E-state index >= 15 is 0 Å². The standard InChI is InChI=1S/C9H13.C5H5.2ClH.Zr/c1-3-8-6-5-7-9(8)4-2;1-2-4-5-3-1;;;/h6H,3-5H2,1-2H3;1-3H,4H2;2*1H;/q2*-1;;;+2. The van der Waals surface area contributed by atoms with E-state index in [1.165, 1.54) is 17.6 Å². The first-order chi connectivity index (χ1) is 6.88. The molecule has 0 aromatic carbocycles. The van der Waals surface area contributed by atoms with E-state index < -0.39 is 0 Å². The van der Waals surface area contributed by atoms with Gasteiger partial charge in [0.1, 0.15) is 0 Å². The fraction of sp³-hybridized carbons (Fsp3) is 0.429. The van der Waals surface area contributed by atoms with Crippen molar-refractivity contribution >= 4 is 24.8 Å². The summed E-state index contributed by atoms with van der Waals surface area (Å²) in [6.07, 6.45) is 19.0. The molecule has 17 heavy (non-hydrogen) atoms. The Morgan fingerprint density at radius 1 is 1.12 bits per heavy atom. The summed E-state index contributed by atoms with van der Waals surface area (Å²) in [5, 5.41) is 0. The molecule has 0 fully saturated rings. The SMILES string of the molecule is CCC1=[C-]CC=C1CC.Cl.Cl.[C-]1=CC=CC1.[Zr+2]. The van der Waals surface area contributed by atoms with Crippen LogP contribution in [-0.4, -0.2) is 0 Å². The van der Waals surface area contributed by atoms with Gasteiger partial charge in [-0.05, 0) is 0 Å². The minimum absolute atomic E-state index is 0. The topological polar surface area (TPSA) is 0 Å². The van der Waals surface area contributed by atoms with Gasteiger partial charge < -0.3 is 0 Å². The zero-order valence-corrected chi connectivity index (χ0v) is 14.5. The van der Waals surface area contributed by atoms with Crippen LogP contribution in [0.25, 0.3) is 0 Å². The Morgan fingerprint density at radius 3 is 2.12 bits per heavy atom. The van der Waals surface area contributed by atoms with Crippen molar-refractivity contribution in [1.29, 1.82) is 0 Å². The third-order valence-corrected chi connectivity index (χ3v) is 2.37. The summed E-state index contributed by atoms with van der Waals surface area (Å²) in [4.78, 5) is 0. The van der Waals surface area contributed by atoms with Crippen LogP contribution < -0.4 is 0 Å². The molecule has 0 unspecified atom stereocenters. The van der Waals surface area contributed by atoms with Crippen LogP contribution >= 0.6 is 24.8 Å². The normalized spacial score (nSPS) is 14.5. The van der Waals surface area contributed by atoms with Crippen LogP contribution in [0.2, 0.25) is 0 Å². The van der Waals surface area contributed by atoms with Gasteiger partial charge in [0.15, 0.2) is 0 Å². The minimum atomic E-state index is 0. The van der Waals surface area contributed by atoms with Gasteiger partial charge in [-0.25, -0.2) is 17.7 Å². The zero-order valence-electron chi connectivity index (χ0n) is 10.5. The zero-order chi connectivity index (χ0) is 10.2. The Hall–Kier alpha value is 0.423. The molecular weight excluding hydrogens is 330 g/mol. The van der Waals surface area contributed by atoms with Crippen molar-refractivity contribution in [2.75, 3.05) is 0 Å². The van der Waals surface area contributed by atoms with Gasteiger partial charge in [-0.15, -0.1) is 37.7 Å². The van der Waals surface area contributed by atoms with E-state index in [1.807, 2.05) is 12.2 Å². The Labute approximate surface area is 137 Å². The number of hydrogen-bond acceptors (Lipinski definition) is 0. The molecule has 0 aromatic rings. The van der Waals surface area contributed by atoms with Crippen molar-refractivity contribution in [3.05, 3.63) is 47.6 Å². The van der Waals surface area contributed by atoms with Crippen molar-refractivity contribution in [3.8, 4) is 0 Å². The van der Waals surface area contributed by atoms with Crippen molar-refractivity contribution in [1.82, 2.24) is 0 Å². The third kappa shape index (κ3) is 9.06. The molecule has 0 N–H and O–H groups in total. The smallest absolute Gasteiger partial charge is 0.273 e.